The van der Waals surface area contributed by atoms with Gasteiger partial charge >= 0.3 is 0 Å². The molecule has 0 amide bonds. The van der Waals surface area contributed by atoms with Gasteiger partial charge in [0.1, 0.15) is 12.0 Å². The number of nitrogens with zero attached hydrogens (tertiary/aromatic N) is 3. The Bertz CT molecular complexity index is 731. The van der Waals surface area contributed by atoms with Gasteiger partial charge in [0, 0.05) is 11.4 Å². The fraction of sp³-hybridized carbons (Fsp3) is 0.375. The van der Waals surface area contributed by atoms with E-state index in [1.54, 1.807) is 23.8 Å². The number of oxazole rings is 2. The molecular formula is C16H19N3O2S. The molecule has 0 aliphatic carbocycles. The van der Waals surface area contributed by atoms with Crippen molar-refractivity contribution in [1.82, 2.24) is 14.9 Å². The molecule has 0 aliphatic heterocycles. The van der Waals surface area contributed by atoms with Crippen LogP contribution in [0.5, 0.6) is 0 Å². The highest BCUT2D eigenvalue weighted by Crippen LogP contribution is 2.29. The van der Waals surface area contributed by atoms with E-state index in [-0.39, 0.29) is 0 Å². The summed E-state index contributed by atoms with van der Waals surface area (Å²) in [4.78, 5) is 13.4. The number of thiophene rings is 1. The Kier molecular flexibility index (Phi) is 4.40. The maximum Gasteiger partial charge on any atom is 0.236 e. The molecular weight excluding hydrogens is 298 g/mol. The third kappa shape index (κ3) is 3.28. The molecule has 3 heterocycles. The van der Waals surface area contributed by atoms with E-state index in [4.69, 9.17) is 8.83 Å². The minimum Gasteiger partial charge on any atom is -0.448 e. The maximum absolute atomic E-state index is 5.83. The molecule has 0 N–H and O–H groups in total. The number of aromatic nitrogens is 2. The molecule has 6 heteroatoms. The van der Waals surface area contributed by atoms with Gasteiger partial charge in [0.05, 0.1) is 23.3 Å². The summed E-state index contributed by atoms with van der Waals surface area (Å²) in [6.45, 7) is 8.44. The van der Waals surface area contributed by atoms with E-state index in [0.717, 1.165) is 35.3 Å². The predicted octanol–water partition coefficient (Wildman–Crippen LogP) is 4.03. The van der Waals surface area contributed by atoms with E-state index in [0.29, 0.717) is 12.4 Å². The van der Waals surface area contributed by atoms with Crippen molar-refractivity contribution in [2.75, 3.05) is 6.54 Å². The van der Waals surface area contributed by atoms with Gasteiger partial charge in [-0.1, -0.05) is 6.92 Å². The zero-order valence-corrected chi connectivity index (χ0v) is 13.8. The summed E-state index contributed by atoms with van der Waals surface area (Å²) in [6, 6.07) is 4.14. The van der Waals surface area contributed by atoms with Crippen molar-refractivity contribution in [2.24, 2.45) is 0 Å². The van der Waals surface area contributed by atoms with Crippen molar-refractivity contribution in [3.05, 3.63) is 46.8 Å². The van der Waals surface area contributed by atoms with Crippen molar-refractivity contribution in [3.63, 3.8) is 0 Å². The Morgan fingerprint density at radius 2 is 2.09 bits per heavy atom. The number of hydrogen-bond donors (Lipinski definition) is 0. The van der Waals surface area contributed by atoms with Crippen LogP contribution in [-0.4, -0.2) is 21.4 Å². The highest BCUT2D eigenvalue weighted by molar-refractivity contribution is 7.15. The molecule has 0 fully saturated rings. The molecule has 3 rings (SSSR count). The predicted molar refractivity (Wildman–Crippen MR) is 85.6 cm³/mol. The first-order chi connectivity index (χ1) is 10.7. The largest absolute Gasteiger partial charge is 0.448 e. The van der Waals surface area contributed by atoms with E-state index in [1.807, 2.05) is 6.92 Å². The Morgan fingerprint density at radius 3 is 2.73 bits per heavy atom. The van der Waals surface area contributed by atoms with Crippen LogP contribution in [0.15, 0.2) is 33.4 Å². The Morgan fingerprint density at radius 1 is 1.23 bits per heavy atom. The molecule has 3 aromatic heterocycles. The van der Waals surface area contributed by atoms with E-state index < -0.39 is 0 Å². The minimum atomic E-state index is 0.670. The topological polar surface area (TPSA) is 55.3 Å². The van der Waals surface area contributed by atoms with Gasteiger partial charge < -0.3 is 8.83 Å². The summed E-state index contributed by atoms with van der Waals surface area (Å²) in [5, 5.41) is 0. The van der Waals surface area contributed by atoms with Crippen LogP contribution in [0.4, 0.5) is 0 Å². The van der Waals surface area contributed by atoms with Gasteiger partial charge in [0.25, 0.3) is 0 Å². The molecule has 0 aromatic carbocycles. The second kappa shape index (κ2) is 6.46. The SMILES string of the molecule is CCN(Cc1ncco1)Cc1nc(-c2ccc(C)s2)oc1C. The van der Waals surface area contributed by atoms with Crippen LogP contribution in [0, 0.1) is 13.8 Å². The first kappa shape index (κ1) is 15.0. The molecule has 0 saturated carbocycles. The molecule has 0 bridgehead atoms. The molecule has 0 radical (unpaired) electrons. The summed E-state index contributed by atoms with van der Waals surface area (Å²) in [5.41, 5.74) is 0.967. The summed E-state index contributed by atoms with van der Waals surface area (Å²) in [7, 11) is 0. The Balaban J connectivity index is 1.75. The second-order valence-corrected chi connectivity index (χ2v) is 6.45. The molecule has 3 aromatic rings. The maximum atomic E-state index is 5.83. The lowest BCUT2D eigenvalue weighted by Crippen LogP contribution is -2.23. The first-order valence-electron chi connectivity index (χ1n) is 7.29. The Hall–Kier alpha value is -1.92. The van der Waals surface area contributed by atoms with Gasteiger partial charge in [0.15, 0.2) is 0 Å². The van der Waals surface area contributed by atoms with Crippen molar-refractivity contribution < 1.29 is 8.83 Å². The quantitative estimate of drug-likeness (QED) is 0.687. The molecule has 0 unspecified atom stereocenters. The zero-order valence-electron chi connectivity index (χ0n) is 13.0. The first-order valence-corrected chi connectivity index (χ1v) is 8.11. The van der Waals surface area contributed by atoms with Crippen LogP contribution in [0.25, 0.3) is 10.8 Å². The van der Waals surface area contributed by atoms with Crippen molar-refractivity contribution >= 4 is 11.3 Å². The molecule has 5 nitrogen and oxygen atoms in total. The van der Waals surface area contributed by atoms with Crippen LogP contribution in [-0.2, 0) is 13.1 Å². The summed E-state index contributed by atoms with van der Waals surface area (Å²) in [6.07, 6.45) is 3.27. The van der Waals surface area contributed by atoms with Gasteiger partial charge in [-0.2, -0.15) is 0 Å². The average Bonchev–Trinajstić information content (AvgIpc) is 3.21. The lowest BCUT2D eigenvalue weighted by Gasteiger charge is -2.17. The van der Waals surface area contributed by atoms with Gasteiger partial charge in [-0.3, -0.25) is 4.90 Å². The van der Waals surface area contributed by atoms with Crippen molar-refractivity contribution in [1.29, 1.82) is 0 Å². The van der Waals surface area contributed by atoms with E-state index in [2.05, 4.69) is 40.8 Å². The second-order valence-electron chi connectivity index (χ2n) is 5.16. The Labute approximate surface area is 133 Å². The zero-order chi connectivity index (χ0) is 15.5. The van der Waals surface area contributed by atoms with Crippen LogP contribution in [0.2, 0.25) is 0 Å². The fourth-order valence-corrected chi connectivity index (χ4v) is 3.04. The molecule has 0 saturated heterocycles. The smallest absolute Gasteiger partial charge is 0.236 e. The lowest BCUT2D eigenvalue weighted by molar-refractivity contribution is 0.239. The van der Waals surface area contributed by atoms with Crippen LogP contribution >= 0.6 is 11.3 Å². The molecule has 0 aliphatic rings. The normalized spacial score (nSPS) is 11.5. The van der Waals surface area contributed by atoms with E-state index >= 15 is 0 Å². The number of hydrogen-bond acceptors (Lipinski definition) is 6. The third-order valence-corrected chi connectivity index (χ3v) is 4.50. The van der Waals surface area contributed by atoms with Gasteiger partial charge in [-0.15, -0.1) is 11.3 Å². The number of rotatable bonds is 6. The number of aryl methyl sites for hydroxylation is 2. The van der Waals surface area contributed by atoms with E-state index in [1.165, 1.54) is 4.88 Å². The van der Waals surface area contributed by atoms with Crippen molar-refractivity contribution in [2.45, 2.75) is 33.9 Å². The highest BCUT2D eigenvalue weighted by Gasteiger charge is 2.16. The summed E-state index contributed by atoms with van der Waals surface area (Å²) < 4.78 is 11.1. The standard InChI is InChI=1S/C16H19N3O2S/c1-4-19(10-15-17-7-8-20-15)9-13-12(3)21-16(18-13)14-6-5-11(2)22-14/h5-8H,4,9-10H2,1-3H3. The van der Waals surface area contributed by atoms with Crippen LogP contribution in [0.1, 0.15) is 29.1 Å². The summed E-state index contributed by atoms with van der Waals surface area (Å²) >= 11 is 1.70. The molecule has 22 heavy (non-hydrogen) atoms. The van der Waals surface area contributed by atoms with Gasteiger partial charge in [-0.05, 0) is 32.5 Å². The molecule has 116 valence electrons. The van der Waals surface area contributed by atoms with Crippen LogP contribution < -0.4 is 0 Å². The monoisotopic (exact) mass is 317 g/mol. The highest BCUT2D eigenvalue weighted by atomic mass is 32.1. The molecule has 0 atom stereocenters. The van der Waals surface area contributed by atoms with Crippen LogP contribution in [0.3, 0.4) is 0 Å². The minimum absolute atomic E-state index is 0.670. The lowest BCUT2D eigenvalue weighted by atomic mass is 10.3. The van der Waals surface area contributed by atoms with Gasteiger partial charge in [-0.25, -0.2) is 9.97 Å². The molecule has 0 spiro atoms. The van der Waals surface area contributed by atoms with Gasteiger partial charge in [0.2, 0.25) is 11.8 Å². The fourth-order valence-electron chi connectivity index (χ4n) is 2.24. The average molecular weight is 317 g/mol. The van der Waals surface area contributed by atoms with E-state index in [9.17, 15) is 0 Å². The summed E-state index contributed by atoms with van der Waals surface area (Å²) in [5.74, 6) is 2.29. The third-order valence-electron chi connectivity index (χ3n) is 3.51. The van der Waals surface area contributed by atoms with Crippen molar-refractivity contribution in [3.8, 4) is 10.8 Å².